The van der Waals surface area contributed by atoms with Crippen molar-refractivity contribution in [2.75, 3.05) is 13.1 Å². The fourth-order valence-corrected chi connectivity index (χ4v) is 5.63. The number of aromatic amines is 1. The van der Waals surface area contributed by atoms with Gasteiger partial charge < -0.3 is 4.42 Å². The molecule has 1 aliphatic rings. The van der Waals surface area contributed by atoms with Gasteiger partial charge in [0.2, 0.25) is 5.89 Å². The monoisotopic (exact) mass is 534 g/mol. The Morgan fingerprint density at radius 2 is 1.84 bits per heavy atom. The highest BCUT2D eigenvalue weighted by molar-refractivity contribution is 6.30. The lowest BCUT2D eigenvalue weighted by atomic mass is 9.72. The van der Waals surface area contributed by atoms with E-state index in [1.165, 1.54) is 26.0 Å². The van der Waals surface area contributed by atoms with Gasteiger partial charge in [-0.2, -0.15) is 5.26 Å². The second-order valence-electron chi connectivity index (χ2n) is 10.1. The molecule has 1 aliphatic heterocycles. The summed E-state index contributed by atoms with van der Waals surface area (Å²) in [4.78, 5) is 13.6. The maximum Gasteiger partial charge on any atom is 0.434 e. The molecule has 0 radical (unpaired) electrons. The Morgan fingerprint density at radius 1 is 1.11 bits per heavy atom. The van der Waals surface area contributed by atoms with Gasteiger partial charge in [0.25, 0.3) is 0 Å². The molecule has 1 aromatic heterocycles. The van der Waals surface area contributed by atoms with Crippen LogP contribution in [0.25, 0.3) is 11.5 Å². The Hall–Kier alpha value is -3.80. The summed E-state index contributed by atoms with van der Waals surface area (Å²) in [5.74, 6) is -2.13. The average Bonchev–Trinajstić information content (AvgIpc) is 3.29. The number of halogens is 3. The number of likely N-dealkylation sites (tertiary alicyclic amines) is 1. The van der Waals surface area contributed by atoms with Crippen molar-refractivity contribution in [1.29, 1.82) is 5.26 Å². The lowest BCUT2D eigenvalue weighted by Gasteiger charge is -2.50. The van der Waals surface area contributed by atoms with Gasteiger partial charge in [0.1, 0.15) is 11.5 Å². The first kappa shape index (κ1) is 25.8. The molecule has 3 aromatic carbocycles. The summed E-state index contributed by atoms with van der Waals surface area (Å²) in [5.41, 5.74) is 1.57. The van der Waals surface area contributed by atoms with Crippen LogP contribution in [-0.2, 0) is 0 Å². The van der Waals surface area contributed by atoms with Crippen LogP contribution in [0.1, 0.15) is 48.1 Å². The van der Waals surface area contributed by atoms with Crippen LogP contribution in [0, 0.1) is 23.1 Å². The third-order valence-electron chi connectivity index (χ3n) is 7.00. The number of hydrogen-bond acceptors (Lipinski definition) is 5. The first-order valence-electron chi connectivity index (χ1n) is 12.2. The van der Waals surface area contributed by atoms with E-state index in [4.69, 9.17) is 16.0 Å². The number of H-pyrrole nitrogens is 1. The van der Waals surface area contributed by atoms with E-state index >= 15 is 4.39 Å². The molecule has 2 atom stereocenters. The number of rotatable bonds is 7. The van der Waals surface area contributed by atoms with Crippen LogP contribution in [-0.4, -0.2) is 33.9 Å². The molecule has 1 N–H and O–H groups in total. The Balaban J connectivity index is 1.47. The first-order valence-corrected chi connectivity index (χ1v) is 12.5. The molecular formula is C29H25ClF2N4O2. The maximum atomic E-state index is 15.7. The fraction of sp³-hybridized carbons (Fsp3) is 0.276. The minimum Gasteiger partial charge on any atom is -0.388 e. The molecule has 0 spiro atoms. The number of aromatic nitrogens is 2. The highest BCUT2D eigenvalue weighted by Crippen LogP contribution is 2.46. The molecule has 0 bridgehead atoms. The molecule has 9 heteroatoms. The summed E-state index contributed by atoms with van der Waals surface area (Å²) >= 11 is 6.13. The topological polar surface area (TPSA) is 85.9 Å². The summed E-state index contributed by atoms with van der Waals surface area (Å²) in [6.07, 6.45) is 0. The molecular weight excluding hydrogens is 510 g/mol. The lowest BCUT2D eigenvalue weighted by molar-refractivity contribution is 0.00814. The van der Waals surface area contributed by atoms with Crippen LogP contribution < -0.4 is 5.76 Å². The lowest BCUT2D eigenvalue weighted by Crippen LogP contribution is -2.53. The third-order valence-corrected chi connectivity index (χ3v) is 7.25. The van der Waals surface area contributed by atoms with Crippen molar-refractivity contribution in [3.8, 4) is 17.5 Å². The fourth-order valence-electron chi connectivity index (χ4n) is 5.51. The van der Waals surface area contributed by atoms with Gasteiger partial charge in [-0.1, -0.05) is 35.9 Å². The van der Waals surface area contributed by atoms with Crippen LogP contribution in [0.4, 0.5) is 8.78 Å². The third kappa shape index (κ3) is 5.26. The average molecular weight is 535 g/mol. The standard InChI is InChI=1S/C29H25ClF2N4O2/c1-29(2,32)25(20-11-21(13-24(31)12-20)27-34-35-28(37)38-27)22-15-36(16-22)26(18-6-8-23(30)9-7-18)19-5-3-4-17(10-19)14-33/h3-13,22,25-26H,15-16H2,1-2H3,(H,35,37)/t25-,26?/m1/s1. The Bertz CT molecular complexity index is 1550. The number of benzene rings is 3. The summed E-state index contributed by atoms with van der Waals surface area (Å²) < 4.78 is 35.4. The van der Waals surface area contributed by atoms with Gasteiger partial charge in [-0.15, -0.1) is 5.10 Å². The van der Waals surface area contributed by atoms with Gasteiger partial charge in [-0.25, -0.2) is 18.7 Å². The van der Waals surface area contributed by atoms with Crippen LogP contribution in [0.3, 0.4) is 0 Å². The minimum absolute atomic E-state index is 0.0541. The van der Waals surface area contributed by atoms with Crippen LogP contribution in [0.15, 0.2) is 75.9 Å². The second kappa shape index (κ2) is 10.2. The molecule has 4 aromatic rings. The summed E-state index contributed by atoms with van der Waals surface area (Å²) in [7, 11) is 0. The predicted molar refractivity (Wildman–Crippen MR) is 140 cm³/mol. The molecule has 1 unspecified atom stereocenters. The van der Waals surface area contributed by atoms with Gasteiger partial charge in [0, 0.05) is 29.6 Å². The molecule has 0 aliphatic carbocycles. The molecule has 5 rings (SSSR count). The van der Waals surface area contributed by atoms with Crippen molar-refractivity contribution >= 4 is 11.6 Å². The van der Waals surface area contributed by atoms with Crippen LogP contribution >= 0.6 is 11.6 Å². The summed E-state index contributed by atoms with van der Waals surface area (Å²) in [5, 5.41) is 16.0. The van der Waals surface area contributed by atoms with Crippen molar-refractivity contribution in [1.82, 2.24) is 15.1 Å². The quantitative estimate of drug-likeness (QED) is 0.303. The van der Waals surface area contributed by atoms with Gasteiger partial charge >= 0.3 is 5.76 Å². The zero-order chi connectivity index (χ0) is 27.0. The van der Waals surface area contributed by atoms with E-state index in [-0.39, 0.29) is 23.4 Å². The van der Waals surface area contributed by atoms with E-state index < -0.39 is 23.2 Å². The predicted octanol–water partition coefficient (Wildman–Crippen LogP) is 6.25. The largest absolute Gasteiger partial charge is 0.434 e. The van der Waals surface area contributed by atoms with Gasteiger partial charge in [-0.3, -0.25) is 4.90 Å². The van der Waals surface area contributed by atoms with Crippen molar-refractivity contribution in [2.45, 2.75) is 31.5 Å². The molecule has 6 nitrogen and oxygen atoms in total. The van der Waals surface area contributed by atoms with Crippen molar-refractivity contribution in [3.63, 3.8) is 0 Å². The number of nitriles is 1. The number of nitrogens with one attached hydrogen (secondary N) is 1. The molecule has 2 heterocycles. The van der Waals surface area contributed by atoms with Gasteiger partial charge in [0.15, 0.2) is 0 Å². The normalized spacial score (nSPS) is 16.0. The van der Waals surface area contributed by atoms with E-state index in [1.54, 1.807) is 12.1 Å². The zero-order valence-electron chi connectivity index (χ0n) is 20.8. The van der Waals surface area contributed by atoms with E-state index in [0.717, 1.165) is 11.1 Å². The highest BCUT2D eigenvalue weighted by Gasteiger charge is 2.45. The van der Waals surface area contributed by atoms with Gasteiger partial charge in [0.05, 0.1) is 17.7 Å². The molecule has 1 saturated heterocycles. The Kier molecular flexibility index (Phi) is 6.91. The summed E-state index contributed by atoms with van der Waals surface area (Å²) in [6, 6.07) is 21.2. The summed E-state index contributed by atoms with van der Waals surface area (Å²) in [6.45, 7) is 4.08. The van der Waals surface area contributed by atoms with E-state index in [9.17, 15) is 14.4 Å². The van der Waals surface area contributed by atoms with E-state index in [2.05, 4.69) is 21.2 Å². The van der Waals surface area contributed by atoms with E-state index in [1.807, 2.05) is 42.5 Å². The molecule has 0 amide bonds. The highest BCUT2D eigenvalue weighted by atomic mass is 35.5. The molecule has 38 heavy (non-hydrogen) atoms. The smallest absolute Gasteiger partial charge is 0.388 e. The zero-order valence-corrected chi connectivity index (χ0v) is 21.5. The Labute approximate surface area is 223 Å². The molecule has 0 saturated carbocycles. The first-order chi connectivity index (χ1) is 18.1. The number of alkyl halides is 1. The Morgan fingerprint density at radius 3 is 2.47 bits per heavy atom. The van der Waals surface area contributed by atoms with Crippen molar-refractivity contribution < 1.29 is 13.2 Å². The van der Waals surface area contributed by atoms with Gasteiger partial charge in [-0.05, 0) is 78.9 Å². The van der Waals surface area contributed by atoms with Crippen LogP contribution in [0.5, 0.6) is 0 Å². The SMILES string of the molecule is CC(C)(F)[C@H](c1cc(F)cc(-c2n[nH]c(=O)o2)c1)C1CN(C(c2ccc(Cl)cc2)c2cccc(C#N)c2)C1. The van der Waals surface area contributed by atoms with Crippen molar-refractivity contribution in [3.05, 3.63) is 110 Å². The van der Waals surface area contributed by atoms with E-state index in [0.29, 0.717) is 29.2 Å². The molecule has 194 valence electrons. The molecule has 1 fully saturated rings. The number of nitrogens with zero attached hydrogens (tertiary/aromatic N) is 3. The van der Waals surface area contributed by atoms with Crippen LogP contribution in [0.2, 0.25) is 5.02 Å². The van der Waals surface area contributed by atoms with Crippen molar-refractivity contribution in [2.24, 2.45) is 5.92 Å². The minimum atomic E-state index is -1.66. The maximum absolute atomic E-state index is 15.7. The second-order valence-corrected chi connectivity index (χ2v) is 10.6. The number of hydrogen-bond donors (Lipinski definition) is 1.